The largest absolute Gasteiger partial charge is 0.383 e. The van der Waals surface area contributed by atoms with Gasteiger partial charge in [-0.05, 0) is 18.2 Å². The Morgan fingerprint density at radius 2 is 1.83 bits per heavy atom. The third-order valence-electron chi connectivity index (χ3n) is 2.00. The van der Waals surface area contributed by atoms with Gasteiger partial charge in [0.1, 0.15) is 0 Å². The molecular formula is C9H12FNO5S2. The van der Waals surface area contributed by atoms with E-state index in [2.05, 4.69) is 9.46 Å². The van der Waals surface area contributed by atoms with Crippen LogP contribution in [0.15, 0.2) is 34.1 Å². The number of sulfonamides is 1. The Labute approximate surface area is 105 Å². The molecule has 0 saturated carbocycles. The molecule has 0 spiro atoms. The van der Waals surface area contributed by atoms with Crippen molar-refractivity contribution in [2.75, 3.05) is 20.3 Å². The van der Waals surface area contributed by atoms with Gasteiger partial charge in [-0.25, -0.2) is 13.1 Å². The molecule has 6 nitrogen and oxygen atoms in total. The van der Waals surface area contributed by atoms with E-state index < -0.39 is 25.1 Å². The average molecular weight is 297 g/mol. The molecule has 0 saturated heterocycles. The maximum atomic E-state index is 12.7. The van der Waals surface area contributed by atoms with Crippen LogP contribution in [0, 0.1) is 0 Å². The number of methoxy groups -OCH3 is 1. The molecular weight excluding hydrogens is 285 g/mol. The molecule has 9 heteroatoms. The van der Waals surface area contributed by atoms with Gasteiger partial charge >= 0.3 is 10.2 Å². The number of benzene rings is 1. The van der Waals surface area contributed by atoms with Crippen LogP contribution in [0.4, 0.5) is 3.89 Å². The highest BCUT2D eigenvalue weighted by Gasteiger charge is 2.18. The lowest BCUT2D eigenvalue weighted by Crippen LogP contribution is -2.27. The van der Waals surface area contributed by atoms with E-state index >= 15 is 0 Å². The third-order valence-corrected chi connectivity index (χ3v) is 4.27. The summed E-state index contributed by atoms with van der Waals surface area (Å²) in [4.78, 5) is -1.02. The molecule has 1 aromatic rings. The number of hydrogen-bond donors (Lipinski definition) is 1. The fourth-order valence-electron chi connectivity index (χ4n) is 1.15. The van der Waals surface area contributed by atoms with Crippen molar-refractivity contribution in [2.45, 2.75) is 9.79 Å². The number of rotatable bonds is 6. The summed E-state index contributed by atoms with van der Waals surface area (Å²) in [6, 6.07) is 4.05. The Balaban J connectivity index is 3.03. The Hall–Kier alpha value is -1.03. The van der Waals surface area contributed by atoms with Gasteiger partial charge in [-0.3, -0.25) is 0 Å². The summed E-state index contributed by atoms with van der Waals surface area (Å²) in [5.41, 5.74) is 0. The van der Waals surface area contributed by atoms with Crippen LogP contribution in [-0.2, 0) is 25.0 Å². The molecule has 0 radical (unpaired) electrons. The van der Waals surface area contributed by atoms with Gasteiger partial charge in [-0.1, -0.05) is 6.07 Å². The van der Waals surface area contributed by atoms with Gasteiger partial charge in [0.2, 0.25) is 10.0 Å². The van der Waals surface area contributed by atoms with Gasteiger partial charge < -0.3 is 4.74 Å². The molecule has 0 amide bonds. The lowest BCUT2D eigenvalue weighted by atomic mass is 10.4. The van der Waals surface area contributed by atoms with E-state index in [9.17, 15) is 20.7 Å². The predicted molar refractivity (Wildman–Crippen MR) is 61.8 cm³/mol. The Morgan fingerprint density at radius 3 is 2.39 bits per heavy atom. The minimum atomic E-state index is -4.93. The van der Waals surface area contributed by atoms with E-state index in [1.54, 1.807) is 0 Å². The van der Waals surface area contributed by atoms with Crippen LogP contribution in [-0.4, -0.2) is 37.1 Å². The Morgan fingerprint density at radius 1 is 1.22 bits per heavy atom. The molecule has 0 heterocycles. The fourth-order valence-corrected chi connectivity index (χ4v) is 2.80. The van der Waals surface area contributed by atoms with E-state index in [1.807, 2.05) is 0 Å². The smallest absolute Gasteiger partial charge is 0.332 e. The molecule has 0 atom stereocenters. The van der Waals surface area contributed by atoms with Crippen LogP contribution in [0.25, 0.3) is 0 Å². The highest BCUT2D eigenvalue weighted by Crippen LogP contribution is 2.17. The molecule has 102 valence electrons. The number of ether oxygens (including phenoxy) is 1. The first-order chi connectivity index (χ1) is 8.27. The summed E-state index contributed by atoms with van der Waals surface area (Å²) in [5.74, 6) is 0. The minimum absolute atomic E-state index is 0.0332. The van der Waals surface area contributed by atoms with Crippen molar-refractivity contribution in [3.05, 3.63) is 24.3 Å². The van der Waals surface area contributed by atoms with E-state index in [-0.39, 0.29) is 18.0 Å². The van der Waals surface area contributed by atoms with Crippen molar-refractivity contribution in [1.82, 2.24) is 4.72 Å². The van der Waals surface area contributed by atoms with Crippen LogP contribution in [0.1, 0.15) is 0 Å². The number of hydrogen-bond acceptors (Lipinski definition) is 5. The fraction of sp³-hybridized carbons (Fsp3) is 0.333. The zero-order valence-corrected chi connectivity index (χ0v) is 11.1. The number of nitrogens with one attached hydrogen (secondary N) is 1. The maximum Gasteiger partial charge on any atom is 0.332 e. The van der Waals surface area contributed by atoms with Gasteiger partial charge in [0.25, 0.3) is 0 Å². The highest BCUT2D eigenvalue weighted by atomic mass is 32.3. The van der Waals surface area contributed by atoms with Crippen molar-refractivity contribution >= 4 is 20.2 Å². The molecule has 1 rings (SSSR count). The van der Waals surface area contributed by atoms with Crippen LogP contribution in [0.3, 0.4) is 0 Å². The first-order valence-electron chi connectivity index (χ1n) is 4.81. The lowest BCUT2D eigenvalue weighted by Gasteiger charge is -2.06. The Bertz CT molecular complexity index is 612. The first-order valence-corrected chi connectivity index (χ1v) is 7.67. The van der Waals surface area contributed by atoms with Crippen molar-refractivity contribution in [1.29, 1.82) is 0 Å². The molecule has 0 fully saturated rings. The average Bonchev–Trinajstić information content (AvgIpc) is 2.28. The summed E-state index contributed by atoms with van der Waals surface area (Å²) in [7, 11) is -7.40. The molecule has 18 heavy (non-hydrogen) atoms. The SMILES string of the molecule is COCCNS(=O)(=O)c1cccc(S(=O)(=O)F)c1. The van der Waals surface area contributed by atoms with Crippen LogP contribution in [0.5, 0.6) is 0 Å². The minimum Gasteiger partial charge on any atom is -0.383 e. The normalized spacial score (nSPS) is 12.6. The van der Waals surface area contributed by atoms with Gasteiger partial charge in [-0.2, -0.15) is 8.42 Å². The van der Waals surface area contributed by atoms with Gasteiger partial charge in [0.05, 0.1) is 16.4 Å². The quantitative estimate of drug-likeness (QED) is 0.601. The summed E-state index contributed by atoms with van der Waals surface area (Å²) < 4.78 is 64.3. The van der Waals surface area contributed by atoms with Crippen molar-refractivity contribution in [3.63, 3.8) is 0 Å². The van der Waals surface area contributed by atoms with Crippen LogP contribution >= 0.6 is 0 Å². The van der Waals surface area contributed by atoms with Gasteiger partial charge in [0, 0.05) is 13.7 Å². The molecule has 0 aliphatic heterocycles. The predicted octanol–water partition coefficient (Wildman–Crippen LogP) is 0.269. The van der Waals surface area contributed by atoms with E-state index in [0.717, 1.165) is 18.2 Å². The van der Waals surface area contributed by atoms with Crippen LogP contribution in [0.2, 0.25) is 0 Å². The zero-order chi connectivity index (χ0) is 13.8. The van der Waals surface area contributed by atoms with Gasteiger partial charge in [0.15, 0.2) is 0 Å². The molecule has 1 aromatic carbocycles. The molecule has 1 N–H and O–H groups in total. The van der Waals surface area contributed by atoms with E-state index in [0.29, 0.717) is 0 Å². The lowest BCUT2D eigenvalue weighted by molar-refractivity contribution is 0.204. The third kappa shape index (κ3) is 4.02. The molecule has 0 aliphatic carbocycles. The maximum absolute atomic E-state index is 12.7. The number of halogens is 1. The molecule has 0 bridgehead atoms. The summed E-state index contributed by atoms with van der Waals surface area (Å²) in [6.07, 6.45) is 0. The highest BCUT2D eigenvalue weighted by molar-refractivity contribution is 7.89. The van der Waals surface area contributed by atoms with Crippen molar-refractivity contribution in [2.24, 2.45) is 0 Å². The van der Waals surface area contributed by atoms with Gasteiger partial charge in [-0.15, -0.1) is 3.89 Å². The van der Waals surface area contributed by atoms with Crippen molar-refractivity contribution < 1.29 is 25.5 Å². The summed E-state index contributed by atoms with van der Waals surface area (Å²) in [5, 5.41) is 0. The standard InChI is InChI=1S/C9H12FNO5S2/c1-16-6-5-11-18(14,15)9-4-2-3-8(7-9)17(10,12)13/h2-4,7,11H,5-6H2,1H3. The van der Waals surface area contributed by atoms with Crippen molar-refractivity contribution in [3.8, 4) is 0 Å². The second-order valence-electron chi connectivity index (χ2n) is 3.30. The molecule has 0 unspecified atom stereocenters. The summed E-state index contributed by atoms with van der Waals surface area (Å²) >= 11 is 0. The topological polar surface area (TPSA) is 89.5 Å². The monoisotopic (exact) mass is 297 g/mol. The first kappa shape index (κ1) is 15.0. The molecule has 0 aliphatic rings. The zero-order valence-electron chi connectivity index (χ0n) is 9.46. The van der Waals surface area contributed by atoms with E-state index in [1.165, 1.54) is 13.2 Å². The van der Waals surface area contributed by atoms with E-state index in [4.69, 9.17) is 0 Å². The molecule has 0 aromatic heterocycles. The summed E-state index contributed by atoms with van der Waals surface area (Å²) in [6.45, 7) is 0.200. The van der Waals surface area contributed by atoms with Crippen LogP contribution < -0.4 is 4.72 Å². The second-order valence-corrected chi connectivity index (χ2v) is 6.42. The Kier molecular flexibility index (Phi) is 4.79. The second kappa shape index (κ2) is 5.74.